The van der Waals surface area contributed by atoms with Gasteiger partial charge in [-0.2, -0.15) is 5.26 Å². The van der Waals surface area contributed by atoms with E-state index in [9.17, 15) is 5.26 Å². The third-order valence-corrected chi connectivity index (χ3v) is 7.75. The molecule has 0 bridgehead atoms. The van der Waals surface area contributed by atoms with Crippen molar-refractivity contribution in [1.29, 1.82) is 5.26 Å². The fourth-order valence-electron chi connectivity index (χ4n) is 6.01. The molecule has 1 aromatic carbocycles. The van der Waals surface area contributed by atoms with Crippen LogP contribution in [0.2, 0.25) is 0 Å². The first-order chi connectivity index (χ1) is 18.2. The van der Waals surface area contributed by atoms with E-state index in [1.54, 1.807) is 6.20 Å². The van der Waals surface area contributed by atoms with Crippen LogP contribution in [0.4, 0.5) is 11.5 Å². The van der Waals surface area contributed by atoms with E-state index in [2.05, 4.69) is 62.3 Å². The molecule has 2 fully saturated rings. The normalized spacial score (nSPS) is 22.9. The number of pyridine rings is 2. The second-order valence-electron chi connectivity index (χ2n) is 10.5. The van der Waals surface area contributed by atoms with E-state index < -0.39 is 0 Å². The Kier molecular flexibility index (Phi) is 6.92. The molecule has 192 valence electrons. The number of rotatable bonds is 4. The molecule has 2 aromatic heterocycles. The number of morpholine rings is 1. The van der Waals surface area contributed by atoms with E-state index in [0.29, 0.717) is 5.56 Å². The van der Waals surface area contributed by atoms with Gasteiger partial charge in [-0.15, -0.1) is 0 Å². The second kappa shape index (κ2) is 10.6. The quantitative estimate of drug-likeness (QED) is 0.588. The third-order valence-electron chi connectivity index (χ3n) is 7.75. The van der Waals surface area contributed by atoms with Crippen LogP contribution in [-0.2, 0) is 17.7 Å². The summed E-state index contributed by atoms with van der Waals surface area (Å²) < 4.78 is 6.46. The van der Waals surface area contributed by atoms with Crippen LogP contribution < -0.4 is 15.1 Å². The van der Waals surface area contributed by atoms with Gasteiger partial charge in [0.15, 0.2) is 0 Å². The summed E-state index contributed by atoms with van der Waals surface area (Å²) >= 11 is 0. The summed E-state index contributed by atoms with van der Waals surface area (Å²) in [6, 6.07) is 14.7. The van der Waals surface area contributed by atoms with Gasteiger partial charge in [-0.1, -0.05) is 6.07 Å². The van der Waals surface area contributed by atoms with Gasteiger partial charge in [-0.25, -0.2) is 4.98 Å². The summed E-state index contributed by atoms with van der Waals surface area (Å²) in [7, 11) is 0. The van der Waals surface area contributed by atoms with Crippen molar-refractivity contribution in [2.75, 3.05) is 55.7 Å². The Balaban J connectivity index is 1.18. The van der Waals surface area contributed by atoms with Crippen LogP contribution in [0.15, 0.2) is 42.6 Å². The van der Waals surface area contributed by atoms with Gasteiger partial charge < -0.3 is 19.9 Å². The highest BCUT2D eigenvalue weighted by molar-refractivity contribution is 5.95. The van der Waals surface area contributed by atoms with Crippen LogP contribution in [0, 0.1) is 11.3 Å². The van der Waals surface area contributed by atoms with Crippen molar-refractivity contribution in [2.24, 2.45) is 0 Å². The number of fused-ring (bicyclic) bond motifs is 2. The number of anilines is 2. The first-order valence-electron chi connectivity index (χ1n) is 13.5. The summed E-state index contributed by atoms with van der Waals surface area (Å²) in [5, 5.41) is 14.0. The Morgan fingerprint density at radius 2 is 2.03 bits per heavy atom. The van der Waals surface area contributed by atoms with Gasteiger partial charge in [0.2, 0.25) is 0 Å². The largest absolute Gasteiger partial charge is 0.370 e. The molecule has 1 N–H and O–H groups in total. The maximum absolute atomic E-state index is 9.55. The molecule has 0 saturated carbocycles. The van der Waals surface area contributed by atoms with Crippen LogP contribution in [-0.4, -0.2) is 73.0 Å². The molecule has 5 heterocycles. The lowest BCUT2D eigenvalue weighted by Crippen LogP contribution is -2.52. The molecule has 0 spiro atoms. The first kappa shape index (κ1) is 24.1. The molecule has 2 saturated heterocycles. The van der Waals surface area contributed by atoms with E-state index in [4.69, 9.17) is 9.72 Å². The smallest absolute Gasteiger partial charge is 0.129 e. The van der Waals surface area contributed by atoms with Gasteiger partial charge in [0.1, 0.15) is 11.9 Å². The van der Waals surface area contributed by atoms with E-state index in [1.807, 2.05) is 12.1 Å². The zero-order valence-corrected chi connectivity index (χ0v) is 21.6. The highest BCUT2D eigenvalue weighted by Gasteiger charge is 2.29. The predicted octanol–water partition coefficient (Wildman–Crippen LogP) is 3.30. The number of benzene rings is 1. The summed E-state index contributed by atoms with van der Waals surface area (Å²) in [5.41, 5.74) is 5.10. The first-order valence-corrected chi connectivity index (χ1v) is 13.5. The van der Waals surface area contributed by atoms with Gasteiger partial charge >= 0.3 is 0 Å². The minimum Gasteiger partial charge on any atom is -0.370 e. The Bertz CT molecular complexity index is 1310. The van der Waals surface area contributed by atoms with Gasteiger partial charge in [0, 0.05) is 68.7 Å². The van der Waals surface area contributed by atoms with Crippen LogP contribution >= 0.6 is 0 Å². The minimum atomic E-state index is 0.105. The zero-order chi connectivity index (χ0) is 25.2. The van der Waals surface area contributed by atoms with Crippen molar-refractivity contribution in [3.05, 3.63) is 59.4 Å². The van der Waals surface area contributed by atoms with Crippen molar-refractivity contribution >= 4 is 22.4 Å². The number of hydrogen-bond donors (Lipinski definition) is 1. The topological polar surface area (TPSA) is 80.6 Å². The molecule has 8 nitrogen and oxygen atoms in total. The standard InChI is InChI=1S/C29H35N7O/c1-21-17-36(27-8-6-22(15-30)29-25(27)5-4-11-32-29)19-24(37-21)18-34-13-2-3-14-35(20-34)28-9-7-23-16-31-12-10-26(23)33-28/h4-9,11,21,24,31H,2-3,10,12-14,16-20H2,1H3/t21-,24+/m1/s1. The summed E-state index contributed by atoms with van der Waals surface area (Å²) in [5.74, 6) is 1.10. The predicted molar refractivity (Wildman–Crippen MR) is 146 cm³/mol. The SMILES string of the molecule is C[C@@H]1CN(c2ccc(C#N)c3ncccc23)C[C@H](CN2CCCCN(c3ccc4c(n3)CCNC4)C2)O1. The average Bonchev–Trinajstić information content (AvgIpc) is 3.17. The molecular formula is C29H35N7O. The second-order valence-corrected chi connectivity index (χ2v) is 10.5. The minimum absolute atomic E-state index is 0.105. The lowest BCUT2D eigenvalue weighted by Gasteiger charge is -2.41. The molecular weight excluding hydrogens is 462 g/mol. The van der Waals surface area contributed by atoms with Gasteiger partial charge in [-0.05, 0) is 62.2 Å². The fourth-order valence-corrected chi connectivity index (χ4v) is 6.01. The fraction of sp³-hybridized carbons (Fsp3) is 0.483. The summed E-state index contributed by atoms with van der Waals surface area (Å²) in [6.45, 7) is 9.61. The van der Waals surface area contributed by atoms with Crippen molar-refractivity contribution < 1.29 is 4.74 Å². The number of nitriles is 1. The Morgan fingerprint density at radius 1 is 1.11 bits per heavy atom. The summed E-state index contributed by atoms with van der Waals surface area (Å²) in [6.07, 6.45) is 5.35. The number of ether oxygens (including phenoxy) is 1. The molecule has 0 aliphatic carbocycles. The van der Waals surface area contributed by atoms with E-state index in [-0.39, 0.29) is 12.2 Å². The van der Waals surface area contributed by atoms with E-state index in [1.165, 1.54) is 24.1 Å². The molecule has 2 atom stereocenters. The number of hydrogen-bond acceptors (Lipinski definition) is 8. The molecule has 3 aliphatic heterocycles. The van der Waals surface area contributed by atoms with Crippen molar-refractivity contribution in [3.8, 4) is 6.07 Å². The van der Waals surface area contributed by atoms with Crippen LogP contribution in [0.5, 0.6) is 0 Å². The van der Waals surface area contributed by atoms with Crippen LogP contribution in [0.1, 0.15) is 36.6 Å². The van der Waals surface area contributed by atoms with Gasteiger partial charge in [0.05, 0.1) is 30.0 Å². The van der Waals surface area contributed by atoms with Crippen LogP contribution in [0.25, 0.3) is 10.9 Å². The lowest BCUT2D eigenvalue weighted by atomic mass is 10.1. The maximum Gasteiger partial charge on any atom is 0.129 e. The molecule has 3 aromatic rings. The Hall–Kier alpha value is -3.25. The maximum atomic E-state index is 9.55. The molecule has 0 unspecified atom stereocenters. The third kappa shape index (κ3) is 5.12. The number of nitrogens with one attached hydrogen (secondary N) is 1. The van der Waals surface area contributed by atoms with Crippen molar-refractivity contribution in [1.82, 2.24) is 20.2 Å². The molecule has 6 rings (SSSR count). The highest BCUT2D eigenvalue weighted by Crippen LogP contribution is 2.30. The summed E-state index contributed by atoms with van der Waals surface area (Å²) in [4.78, 5) is 17.0. The van der Waals surface area contributed by atoms with E-state index in [0.717, 1.165) is 81.3 Å². The van der Waals surface area contributed by atoms with Gasteiger partial charge in [-0.3, -0.25) is 9.88 Å². The lowest BCUT2D eigenvalue weighted by molar-refractivity contribution is -0.0317. The van der Waals surface area contributed by atoms with Crippen LogP contribution in [0.3, 0.4) is 0 Å². The highest BCUT2D eigenvalue weighted by atomic mass is 16.5. The average molecular weight is 498 g/mol. The van der Waals surface area contributed by atoms with Crippen molar-refractivity contribution in [3.63, 3.8) is 0 Å². The van der Waals surface area contributed by atoms with Crippen molar-refractivity contribution in [2.45, 2.75) is 44.9 Å². The molecule has 37 heavy (non-hydrogen) atoms. The molecule has 0 amide bonds. The van der Waals surface area contributed by atoms with E-state index >= 15 is 0 Å². The van der Waals surface area contributed by atoms with Gasteiger partial charge in [0.25, 0.3) is 0 Å². The Morgan fingerprint density at radius 3 is 2.95 bits per heavy atom. The zero-order valence-electron chi connectivity index (χ0n) is 21.6. The molecule has 3 aliphatic rings. The number of aromatic nitrogens is 2. The molecule has 8 heteroatoms. The Labute approximate surface area is 218 Å². The molecule has 0 radical (unpaired) electrons. The monoisotopic (exact) mass is 497 g/mol. The number of nitrogens with zero attached hydrogens (tertiary/aromatic N) is 6.